The van der Waals surface area contributed by atoms with Crippen molar-refractivity contribution in [1.29, 1.82) is 0 Å². The number of aromatic nitrogens is 1. The van der Waals surface area contributed by atoms with E-state index in [1.165, 1.54) is 18.2 Å². The third-order valence-electron chi connectivity index (χ3n) is 4.05. The maximum atomic E-state index is 13.3. The molecule has 0 fully saturated rings. The summed E-state index contributed by atoms with van der Waals surface area (Å²) in [7, 11) is 0. The zero-order valence-electron chi connectivity index (χ0n) is 13.5. The maximum Gasteiger partial charge on any atom is 0.153 e. The summed E-state index contributed by atoms with van der Waals surface area (Å²) in [6, 6.07) is 14.2. The highest BCUT2D eigenvalue weighted by Crippen LogP contribution is 2.32. The molecule has 2 aromatic heterocycles. The summed E-state index contributed by atoms with van der Waals surface area (Å²) in [6.07, 6.45) is 0. The van der Waals surface area contributed by atoms with Gasteiger partial charge in [-0.15, -0.1) is 0 Å². The summed E-state index contributed by atoms with van der Waals surface area (Å²) in [5.74, 6) is -0.996. The van der Waals surface area contributed by atoms with E-state index >= 15 is 0 Å². The fourth-order valence-corrected chi connectivity index (χ4v) is 3.31. The van der Waals surface area contributed by atoms with Crippen molar-refractivity contribution in [2.45, 2.75) is 0 Å². The number of carboxylic acid groups (broad SMARTS) is 1. The van der Waals surface area contributed by atoms with Gasteiger partial charge in [-0.2, -0.15) is 0 Å². The Morgan fingerprint density at radius 2 is 1.85 bits per heavy atom. The number of halogens is 3. The molecule has 0 unspecified atom stereocenters. The number of nitrogens with zero attached hydrogens (tertiary/aromatic N) is 1. The summed E-state index contributed by atoms with van der Waals surface area (Å²) >= 11 is 9.14. The predicted molar refractivity (Wildman–Crippen MR) is 102 cm³/mol. The van der Waals surface area contributed by atoms with Gasteiger partial charge in [-0.25, -0.2) is 9.37 Å². The Balaban J connectivity index is 1.83. The second-order valence-corrected chi connectivity index (χ2v) is 7.12. The van der Waals surface area contributed by atoms with Crippen molar-refractivity contribution in [2.75, 3.05) is 0 Å². The molecule has 0 N–H and O–H groups in total. The third kappa shape index (κ3) is 3.34. The molecule has 0 saturated carbocycles. The SMILES string of the molecule is O=C([O-])c1cc(-c2ccc(-c3ccc(F)c(Cl)c3)o2)nc2ccc(Br)cc12. The largest absolute Gasteiger partial charge is 0.545 e. The predicted octanol–water partition coefficient (Wildman–Crippen LogP) is 5.08. The van der Waals surface area contributed by atoms with Crippen molar-refractivity contribution < 1.29 is 18.7 Å². The molecule has 27 heavy (non-hydrogen) atoms. The van der Waals surface area contributed by atoms with Gasteiger partial charge in [-0.05, 0) is 54.6 Å². The first kappa shape index (κ1) is 17.7. The Bertz CT molecular complexity index is 1210. The van der Waals surface area contributed by atoms with Crippen LogP contribution in [0, 0.1) is 5.82 Å². The van der Waals surface area contributed by atoms with Crippen molar-refractivity contribution in [2.24, 2.45) is 0 Å². The fraction of sp³-hybridized carbons (Fsp3) is 0. The van der Waals surface area contributed by atoms with Crippen LogP contribution in [0.15, 0.2) is 63.5 Å². The van der Waals surface area contributed by atoms with Gasteiger partial charge in [-0.1, -0.05) is 27.5 Å². The molecule has 0 aliphatic heterocycles. The Kier molecular flexibility index (Phi) is 4.45. The molecule has 4 nitrogen and oxygen atoms in total. The lowest BCUT2D eigenvalue weighted by Crippen LogP contribution is -2.22. The number of hydrogen-bond acceptors (Lipinski definition) is 4. The fourth-order valence-electron chi connectivity index (χ4n) is 2.77. The van der Waals surface area contributed by atoms with E-state index in [0.717, 1.165) is 4.47 Å². The average molecular weight is 446 g/mol. The zero-order valence-corrected chi connectivity index (χ0v) is 15.8. The molecule has 0 aliphatic rings. The lowest BCUT2D eigenvalue weighted by molar-refractivity contribution is -0.254. The van der Waals surface area contributed by atoms with Crippen LogP contribution in [0.3, 0.4) is 0 Å². The minimum absolute atomic E-state index is 0.0130. The highest BCUT2D eigenvalue weighted by Gasteiger charge is 2.13. The molecule has 2 aromatic carbocycles. The van der Waals surface area contributed by atoms with Crippen molar-refractivity contribution in [3.8, 4) is 22.8 Å². The standard InChI is InChI=1S/C20H10BrClFNO3/c21-11-2-4-16-12(8-11)13(20(25)26)9-17(24-16)19-6-5-18(27-19)10-1-3-15(23)14(22)7-10/h1-9H,(H,25,26)/p-1. The first-order valence-corrected chi connectivity index (χ1v) is 8.97. The normalized spacial score (nSPS) is 11.1. The number of pyridine rings is 1. The molecule has 0 bridgehead atoms. The van der Waals surface area contributed by atoms with Crippen LogP contribution in [-0.2, 0) is 0 Å². The Labute approximate surface area is 166 Å². The van der Waals surface area contributed by atoms with Gasteiger partial charge < -0.3 is 14.3 Å². The van der Waals surface area contributed by atoms with E-state index in [4.69, 9.17) is 16.0 Å². The molecule has 0 saturated heterocycles. The van der Waals surface area contributed by atoms with Gasteiger partial charge in [0, 0.05) is 21.0 Å². The summed E-state index contributed by atoms with van der Waals surface area (Å²) in [5, 5.41) is 12.0. The molecule has 0 aliphatic carbocycles. The first-order chi connectivity index (χ1) is 12.9. The van der Waals surface area contributed by atoms with Crippen LogP contribution in [0.2, 0.25) is 5.02 Å². The molecule has 134 valence electrons. The monoisotopic (exact) mass is 444 g/mol. The summed E-state index contributed by atoms with van der Waals surface area (Å²) in [6.45, 7) is 0. The number of hydrogen-bond donors (Lipinski definition) is 0. The molecule has 4 rings (SSSR count). The second-order valence-electron chi connectivity index (χ2n) is 5.80. The third-order valence-corrected chi connectivity index (χ3v) is 4.84. The molecule has 2 heterocycles. The quantitative estimate of drug-likeness (QED) is 0.441. The molecular formula is C20H9BrClFNO3-. The van der Waals surface area contributed by atoms with Crippen molar-refractivity contribution in [3.63, 3.8) is 0 Å². The highest BCUT2D eigenvalue weighted by atomic mass is 79.9. The van der Waals surface area contributed by atoms with Gasteiger partial charge in [0.1, 0.15) is 17.3 Å². The van der Waals surface area contributed by atoms with Crippen LogP contribution >= 0.6 is 27.5 Å². The minimum atomic E-state index is -1.31. The Morgan fingerprint density at radius 3 is 2.59 bits per heavy atom. The molecule has 7 heteroatoms. The van der Waals surface area contributed by atoms with Gasteiger partial charge >= 0.3 is 0 Å². The number of carbonyl (C=O) groups excluding carboxylic acids is 1. The smallest absolute Gasteiger partial charge is 0.153 e. The van der Waals surface area contributed by atoms with Gasteiger partial charge in [0.25, 0.3) is 0 Å². The Hall–Kier alpha value is -2.70. The lowest BCUT2D eigenvalue weighted by Gasteiger charge is -2.10. The number of fused-ring (bicyclic) bond motifs is 1. The van der Waals surface area contributed by atoms with Crippen LogP contribution in [0.25, 0.3) is 33.7 Å². The van der Waals surface area contributed by atoms with Crippen molar-refractivity contribution in [3.05, 3.63) is 75.5 Å². The molecule has 4 aromatic rings. The van der Waals surface area contributed by atoms with E-state index in [1.807, 2.05) is 0 Å². The maximum absolute atomic E-state index is 13.3. The van der Waals surface area contributed by atoms with E-state index in [0.29, 0.717) is 33.7 Å². The Morgan fingerprint density at radius 1 is 1.07 bits per heavy atom. The van der Waals surface area contributed by atoms with Gasteiger partial charge in [0.15, 0.2) is 5.76 Å². The average Bonchev–Trinajstić information content (AvgIpc) is 3.13. The minimum Gasteiger partial charge on any atom is -0.545 e. The van der Waals surface area contributed by atoms with E-state index < -0.39 is 11.8 Å². The van der Waals surface area contributed by atoms with Crippen LogP contribution in [-0.4, -0.2) is 11.0 Å². The van der Waals surface area contributed by atoms with Crippen molar-refractivity contribution >= 4 is 44.4 Å². The molecular weight excluding hydrogens is 437 g/mol. The number of benzene rings is 2. The summed E-state index contributed by atoms with van der Waals surface area (Å²) in [5.41, 5.74) is 1.46. The van der Waals surface area contributed by atoms with E-state index in [2.05, 4.69) is 20.9 Å². The van der Waals surface area contributed by atoms with E-state index in [1.54, 1.807) is 36.4 Å². The molecule has 0 radical (unpaired) electrons. The van der Waals surface area contributed by atoms with Crippen LogP contribution in [0.1, 0.15) is 10.4 Å². The van der Waals surface area contributed by atoms with Gasteiger partial charge in [-0.3, -0.25) is 0 Å². The van der Waals surface area contributed by atoms with Crippen LogP contribution in [0.5, 0.6) is 0 Å². The second kappa shape index (κ2) is 6.79. The first-order valence-electron chi connectivity index (χ1n) is 7.79. The van der Waals surface area contributed by atoms with Crippen LogP contribution in [0.4, 0.5) is 4.39 Å². The number of carbonyl (C=O) groups is 1. The molecule has 0 amide bonds. The lowest BCUT2D eigenvalue weighted by atomic mass is 10.1. The summed E-state index contributed by atoms with van der Waals surface area (Å²) < 4.78 is 19.9. The number of carboxylic acids is 1. The highest BCUT2D eigenvalue weighted by molar-refractivity contribution is 9.10. The number of furan rings is 1. The van der Waals surface area contributed by atoms with Crippen LogP contribution < -0.4 is 5.11 Å². The molecule has 0 atom stereocenters. The molecule has 0 spiro atoms. The zero-order chi connectivity index (χ0) is 19.1. The van der Waals surface area contributed by atoms with Gasteiger partial charge in [0.2, 0.25) is 0 Å². The van der Waals surface area contributed by atoms with E-state index in [9.17, 15) is 14.3 Å². The summed E-state index contributed by atoms with van der Waals surface area (Å²) in [4.78, 5) is 16.0. The number of aromatic carboxylic acids is 1. The van der Waals surface area contributed by atoms with E-state index in [-0.39, 0.29) is 10.6 Å². The van der Waals surface area contributed by atoms with Crippen molar-refractivity contribution in [1.82, 2.24) is 4.98 Å². The van der Waals surface area contributed by atoms with Gasteiger partial charge in [0.05, 0.1) is 16.5 Å². The topological polar surface area (TPSA) is 66.2 Å². The number of rotatable bonds is 3.